The molecule has 0 radical (unpaired) electrons. The Kier molecular flexibility index (Phi) is 9.61. The third-order valence-electron chi connectivity index (χ3n) is 3.01. The number of halogens is 1. The van der Waals surface area contributed by atoms with E-state index in [1.807, 2.05) is 12.1 Å². The van der Waals surface area contributed by atoms with E-state index in [1.165, 1.54) is 11.1 Å². The molecule has 0 heterocycles. The van der Waals surface area contributed by atoms with Gasteiger partial charge in [-0.1, -0.05) is 24.3 Å². The molecule has 0 amide bonds. The molecule has 8 heteroatoms. The minimum atomic E-state index is -3.15. The highest BCUT2D eigenvalue weighted by Gasteiger charge is 2.09. The fourth-order valence-electron chi connectivity index (χ4n) is 1.97. The van der Waals surface area contributed by atoms with E-state index in [9.17, 15) is 8.42 Å². The number of aliphatic imine (C=N–C) groups is 1. The lowest BCUT2D eigenvalue weighted by molar-refractivity contribution is 0.586. The van der Waals surface area contributed by atoms with Crippen molar-refractivity contribution in [3.63, 3.8) is 0 Å². The fraction of sp³-hybridized carbons (Fsp3) is 0.500. The number of guanidine groups is 1. The van der Waals surface area contributed by atoms with Crippen LogP contribution in [-0.4, -0.2) is 40.8 Å². The summed E-state index contributed by atoms with van der Waals surface area (Å²) in [6.45, 7) is 4.91. The SMILES string of the molecule is CN=C(NCCNS(C)(=O)=O)NC(C)c1ccccc1C.I. The molecule has 0 fully saturated rings. The molecule has 3 N–H and O–H groups in total. The first-order chi connectivity index (χ1) is 9.83. The predicted molar refractivity (Wildman–Crippen MR) is 102 cm³/mol. The predicted octanol–water partition coefficient (Wildman–Crippen LogP) is 1.39. The molecular formula is C14H25IN4O2S. The first-order valence-electron chi connectivity index (χ1n) is 6.81. The molecule has 1 rings (SSSR count). The number of hydrogen-bond acceptors (Lipinski definition) is 3. The van der Waals surface area contributed by atoms with Gasteiger partial charge in [0, 0.05) is 20.1 Å². The summed E-state index contributed by atoms with van der Waals surface area (Å²) in [5.41, 5.74) is 2.42. The molecule has 22 heavy (non-hydrogen) atoms. The van der Waals surface area contributed by atoms with Crippen molar-refractivity contribution in [2.45, 2.75) is 19.9 Å². The van der Waals surface area contributed by atoms with Gasteiger partial charge in [0.25, 0.3) is 0 Å². The Morgan fingerprint density at radius 2 is 1.91 bits per heavy atom. The van der Waals surface area contributed by atoms with Gasteiger partial charge in [-0.25, -0.2) is 13.1 Å². The second-order valence-electron chi connectivity index (χ2n) is 4.89. The van der Waals surface area contributed by atoms with Crippen LogP contribution in [0.2, 0.25) is 0 Å². The van der Waals surface area contributed by atoms with Crippen LogP contribution in [0.25, 0.3) is 0 Å². The van der Waals surface area contributed by atoms with Crippen molar-refractivity contribution >= 4 is 40.0 Å². The minimum Gasteiger partial charge on any atom is -0.355 e. The summed E-state index contributed by atoms with van der Waals surface area (Å²) in [4.78, 5) is 4.13. The van der Waals surface area contributed by atoms with E-state index in [-0.39, 0.29) is 30.0 Å². The van der Waals surface area contributed by atoms with Gasteiger partial charge in [0.05, 0.1) is 12.3 Å². The smallest absolute Gasteiger partial charge is 0.208 e. The van der Waals surface area contributed by atoms with Gasteiger partial charge in [-0.2, -0.15) is 0 Å². The lowest BCUT2D eigenvalue weighted by Gasteiger charge is -2.19. The molecule has 0 spiro atoms. The maximum Gasteiger partial charge on any atom is 0.208 e. The quantitative estimate of drug-likeness (QED) is 0.270. The van der Waals surface area contributed by atoms with Crippen LogP contribution >= 0.6 is 24.0 Å². The minimum absolute atomic E-state index is 0. The highest BCUT2D eigenvalue weighted by atomic mass is 127. The Hall–Kier alpha value is -0.870. The van der Waals surface area contributed by atoms with E-state index in [0.717, 1.165) is 6.26 Å². The van der Waals surface area contributed by atoms with Gasteiger partial charge < -0.3 is 10.6 Å². The molecule has 1 aromatic carbocycles. The first-order valence-corrected chi connectivity index (χ1v) is 8.70. The molecule has 0 saturated heterocycles. The molecule has 1 unspecified atom stereocenters. The second-order valence-corrected chi connectivity index (χ2v) is 6.72. The highest BCUT2D eigenvalue weighted by Crippen LogP contribution is 2.16. The van der Waals surface area contributed by atoms with Crippen LogP contribution in [0.4, 0.5) is 0 Å². The molecule has 1 aromatic rings. The van der Waals surface area contributed by atoms with E-state index in [1.54, 1.807) is 7.05 Å². The Balaban J connectivity index is 0.00000441. The molecule has 6 nitrogen and oxygen atoms in total. The van der Waals surface area contributed by atoms with Gasteiger partial charge in [0.2, 0.25) is 10.0 Å². The zero-order valence-electron chi connectivity index (χ0n) is 13.4. The fourth-order valence-corrected chi connectivity index (χ4v) is 2.44. The van der Waals surface area contributed by atoms with E-state index < -0.39 is 10.0 Å². The van der Waals surface area contributed by atoms with Gasteiger partial charge in [-0.3, -0.25) is 4.99 Å². The Labute approximate surface area is 150 Å². The molecular weight excluding hydrogens is 415 g/mol. The number of rotatable bonds is 6. The molecule has 0 aliphatic rings. The van der Waals surface area contributed by atoms with E-state index in [0.29, 0.717) is 19.0 Å². The van der Waals surface area contributed by atoms with Crippen molar-refractivity contribution < 1.29 is 8.42 Å². The molecule has 0 aliphatic heterocycles. The second kappa shape index (κ2) is 10.0. The van der Waals surface area contributed by atoms with Gasteiger partial charge in [0.15, 0.2) is 5.96 Å². The van der Waals surface area contributed by atoms with Gasteiger partial charge in [0.1, 0.15) is 0 Å². The van der Waals surface area contributed by atoms with Crippen LogP contribution in [0.3, 0.4) is 0 Å². The average Bonchev–Trinajstić information content (AvgIpc) is 2.41. The van der Waals surface area contributed by atoms with E-state index in [2.05, 4.69) is 46.3 Å². The Morgan fingerprint density at radius 1 is 1.27 bits per heavy atom. The summed E-state index contributed by atoms with van der Waals surface area (Å²) in [5.74, 6) is 0.640. The van der Waals surface area contributed by atoms with Crippen LogP contribution in [0.5, 0.6) is 0 Å². The third-order valence-corrected chi connectivity index (χ3v) is 3.74. The van der Waals surface area contributed by atoms with Crippen LogP contribution in [0.15, 0.2) is 29.3 Å². The summed E-state index contributed by atoms with van der Waals surface area (Å²) in [5, 5.41) is 6.36. The van der Waals surface area contributed by atoms with Crippen LogP contribution < -0.4 is 15.4 Å². The number of aryl methyl sites for hydroxylation is 1. The summed E-state index contributed by atoms with van der Waals surface area (Å²) in [6.07, 6.45) is 1.14. The zero-order chi connectivity index (χ0) is 15.9. The van der Waals surface area contributed by atoms with Gasteiger partial charge in [-0.15, -0.1) is 24.0 Å². The summed E-state index contributed by atoms with van der Waals surface area (Å²) >= 11 is 0. The standard InChI is InChI=1S/C14H24N4O2S.HI/c1-11-7-5-6-8-13(11)12(2)18-14(15-3)16-9-10-17-21(4,19)20;/h5-8,12,17H,9-10H2,1-4H3,(H2,15,16,18);1H. The number of nitrogens with zero attached hydrogens (tertiary/aromatic N) is 1. The Morgan fingerprint density at radius 3 is 2.45 bits per heavy atom. The number of hydrogen-bond donors (Lipinski definition) is 3. The van der Waals surface area contributed by atoms with Crippen LogP contribution in [0, 0.1) is 6.92 Å². The van der Waals surface area contributed by atoms with Crippen molar-refractivity contribution in [1.29, 1.82) is 0 Å². The molecule has 0 aromatic heterocycles. The number of benzene rings is 1. The molecule has 0 saturated carbocycles. The molecule has 126 valence electrons. The number of nitrogens with one attached hydrogen (secondary N) is 3. The van der Waals surface area contributed by atoms with Crippen molar-refractivity contribution in [1.82, 2.24) is 15.4 Å². The topological polar surface area (TPSA) is 82.6 Å². The van der Waals surface area contributed by atoms with Gasteiger partial charge >= 0.3 is 0 Å². The van der Waals surface area contributed by atoms with Gasteiger partial charge in [-0.05, 0) is 25.0 Å². The maximum absolute atomic E-state index is 11.0. The summed E-state index contributed by atoms with van der Waals surface area (Å²) in [6, 6.07) is 8.27. The van der Waals surface area contributed by atoms with Crippen molar-refractivity contribution in [3.05, 3.63) is 35.4 Å². The summed E-state index contributed by atoms with van der Waals surface area (Å²) in [7, 11) is -1.47. The molecule has 0 aliphatic carbocycles. The molecule has 0 bridgehead atoms. The first kappa shape index (κ1) is 21.1. The highest BCUT2D eigenvalue weighted by molar-refractivity contribution is 14.0. The zero-order valence-corrected chi connectivity index (χ0v) is 16.5. The largest absolute Gasteiger partial charge is 0.355 e. The lowest BCUT2D eigenvalue weighted by Crippen LogP contribution is -2.42. The van der Waals surface area contributed by atoms with Crippen molar-refractivity contribution in [3.8, 4) is 0 Å². The molecule has 1 atom stereocenters. The van der Waals surface area contributed by atoms with Crippen molar-refractivity contribution in [2.24, 2.45) is 4.99 Å². The number of sulfonamides is 1. The monoisotopic (exact) mass is 440 g/mol. The van der Waals surface area contributed by atoms with E-state index in [4.69, 9.17) is 0 Å². The maximum atomic E-state index is 11.0. The third kappa shape index (κ3) is 7.95. The van der Waals surface area contributed by atoms with Crippen LogP contribution in [0.1, 0.15) is 24.1 Å². The Bertz CT molecular complexity index is 590. The van der Waals surface area contributed by atoms with Crippen molar-refractivity contribution in [2.75, 3.05) is 26.4 Å². The average molecular weight is 440 g/mol. The van der Waals surface area contributed by atoms with Crippen LogP contribution in [-0.2, 0) is 10.0 Å². The summed E-state index contributed by atoms with van der Waals surface area (Å²) < 4.78 is 24.3. The normalized spacial score (nSPS) is 13.2. The lowest BCUT2D eigenvalue weighted by atomic mass is 10.0. The van der Waals surface area contributed by atoms with E-state index >= 15 is 0 Å².